The molecular formula is C20H22ClN5OS. The standard InChI is InChI=1S/C20H22ClN5OS/c1-11-6-8-26(9-7-11)18-16-12(2)17(28-20(16)24-13(3)23-18)19(27)25-15-5-4-14(21)10-22-15/h4-5,10-11H,6-9H2,1-3H3,(H,22,25,27). The topological polar surface area (TPSA) is 71.0 Å². The van der Waals surface area contributed by atoms with Crippen LogP contribution in [0.1, 0.15) is 40.8 Å². The first-order chi connectivity index (χ1) is 13.4. The lowest BCUT2D eigenvalue weighted by Crippen LogP contribution is -2.33. The van der Waals surface area contributed by atoms with Gasteiger partial charge in [0.2, 0.25) is 0 Å². The SMILES string of the molecule is Cc1nc(N2CCC(C)CC2)c2c(C)c(C(=O)Nc3ccc(Cl)cn3)sc2n1. The number of halogens is 1. The van der Waals surface area contributed by atoms with Crippen LogP contribution in [0.25, 0.3) is 10.2 Å². The Bertz CT molecular complexity index is 1030. The lowest BCUT2D eigenvalue weighted by atomic mass is 9.99. The Hall–Kier alpha value is -2.25. The van der Waals surface area contributed by atoms with E-state index in [2.05, 4.69) is 27.1 Å². The zero-order valence-corrected chi connectivity index (χ0v) is 17.7. The fourth-order valence-electron chi connectivity index (χ4n) is 3.51. The molecule has 0 atom stereocenters. The smallest absolute Gasteiger partial charge is 0.267 e. The number of hydrogen-bond donors (Lipinski definition) is 1. The average Bonchev–Trinajstić information content (AvgIpc) is 3.00. The third-order valence-corrected chi connectivity index (χ3v) is 6.55. The Morgan fingerprint density at radius 2 is 2.00 bits per heavy atom. The molecule has 0 saturated carbocycles. The summed E-state index contributed by atoms with van der Waals surface area (Å²) in [7, 11) is 0. The summed E-state index contributed by atoms with van der Waals surface area (Å²) in [6, 6.07) is 3.39. The minimum Gasteiger partial charge on any atom is -0.356 e. The largest absolute Gasteiger partial charge is 0.356 e. The number of aromatic nitrogens is 3. The van der Waals surface area contributed by atoms with Gasteiger partial charge in [0.15, 0.2) is 0 Å². The van der Waals surface area contributed by atoms with Gasteiger partial charge in [-0.05, 0) is 50.3 Å². The molecule has 1 saturated heterocycles. The molecule has 4 heterocycles. The maximum Gasteiger partial charge on any atom is 0.267 e. The van der Waals surface area contributed by atoms with Crippen LogP contribution in [-0.2, 0) is 0 Å². The van der Waals surface area contributed by atoms with E-state index >= 15 is 0 Å². The number of amides is 1. The molecule has 146 valence electrons. The summed E-state index contributed by atoms with van der Waals surface area (Å²) in [5.41, 5.74) is 0.917. The van der Waals surface area contributed by atoms with Crippen molar-refractivity contribution in [1.29, 1.82) is 0 Å². The monoisotopic (exact) mass is 415 g/mol. The summed E-state index contributed by atoms with van der Waals surface area (Å²) in [6.45, 7) is 8.14. The molecule has 1 aliphatic heterocycles. The van der Waals surface area contributed by atoms with Crippen LogP contribution in [0.4, 0.5) is 11.6 Å². The van der Waals surface area contributed by atoms with E-state index in [4.69, 9.17) is 16.6 Å². The van der Waals surface area contributed by atoms with Gasteiger partial charge in [-0.2, -0.15) is 0 Å². The summed E-state index contributed by atoms with van der Waals surface area (Å²) in [5.74, 6) is 2.71. The minimum atomic E-state index is -0.189. The highest BCUT2D eigenvalue weighted by molar-refractivity contribution is 7.20. The Balaban J connectivity index is 1.70. The van der Waals surface area contributed by atoms with E-state index in [1.54, 1.807) is 12.1 Å². The molecule has 1 fully saturated rings. The lowest BCUT2D eigenvalue weighted by Gasteiger charge is -2.31. The second kappa shape index (κ2) is 7.64. The first kappa shape index (κ1) is 19.1. The molecule has 0 radical (unpaired) electrons. The van der Waals surface area contributed by atoms with Crippen molar-refractivity contribution < 1.29 is 4.79 Å². The zero-order chi connectivity index (χ0) is 19.8. The predicted molar refractivity (Wildman–Crippen MR) is 115 cm³/mol. The Kier molecular flexibility index (Phi) is 5.21. The van der Waals surface area contributed by atoms with Gasteiger partial charge in [0.05, 0.1) is 15.3 Å². The number of nitrogens with zero attached hydrogens (tertiary/aromatic N) is 4. The summed E-state index contributed by atoms with van der Waals surface area (Å²) in [5, 5.41) is 4.36. The van der Waals surface area contributed by atoms with E-state index < -0.39 is 0 Å². The van der Waals surface area contributed by atoms with Crippen molar-refractivity contribution in [2.75, 3.05) is 23.3 Å². The van der Waals surface area contributed by atoms with Gasteiger partial charge in [-0.3, -0.25) is 4.79 Å². The molecule has 1 N–H and O–H groups in total. The molecular weight excluding hydrogens is 394 g/mol. The van der Waals surface area contributed by atoms with Crippen LogP contribution in [0.2, 0.25) is 5.02 Å². The first-order valence-electron chi connectivity index (χ1n) is 9.38. The second-order valence-electron chi connectivity index (χ2n) is 7.32. The van der Waals surface area contributed by atoms with Gasteiger partial charge in [-0.1, -0.05) is 18.5 Å². The highest BCUT2D eigenvalue weighted by Gasteiger charge is 2.25. The van der Waals surface area contributed by atoms with Crippen LogP contribution in [0, 0.1) is 19.8 Å². The van der Waals surface area contributed by atoms with E-state index in [-0.39, 0.29) is 5.91 Å². The van der Waals surface area contributed by atoms with Crippen molar-refractivity contribution in [3.8, 4) is 0 Å². The molecule has 6 nitrogen and oxygen atoms in total. The fourth-order valence-corrected chi connectivity index (χ4v) is 4.74. The number of rotatable bonds is 3. The van der Waals surface area contributed by atoms with Gasteiger partial charge < -0.3 is 10.2 Å². The lowest BCUT2D eigenvalue weighted by molar-refractivity contribution is 0.102. The van der Waals surface area contributed by atoms with E-state index in [1.165, 1.54) is 17.5 Å². The number of pyridine rings is 1. The van der Waals surface area contributed by atoms with Crippen LogP contribution in [-0.4, -0.2) is 33.9 Å². The van der Waals surface area contributed by atoms with Crippen LogP contribution >= 0.6 is 22.9 Å². The molecule has 8 heteroatoms. The van der Waals surface area contributed by atoms with Crippen LogP contribution in [0.5, 0.6) is 0 Å². The third-order valence-electron chi connectivity index (χ3n) is 5.14. The van der Waals surface area contributed by atoms with Crippen molar-refractivity contribution in [2.45, 2.75) is 33.6 Å². The molecule has 1 aliphatic rings. The van der Waals surface area contributed by atoms with Crippen molar-refractivity contribution >= 4 is 50.7 Å². The van der Waals surface area contributed by atoms with E-state index in [1.807, 2.05) is 13.8 Å². The number of hydrogen-bond acceptors (Lipinski definition) is 6. The molecule has 3 aromatic heterocycles. The van der Waals surface area contributed by atoms with Gasteiger partial charge >= 0.3 is 0 Å². The number of nitrogens with one attached hydrogen (secondary N) is 1. The highest BCUT2D eigenvalue weighted by atomic mass is 35.5. The van der Waals surface area contributed by atoms with Crippen LogP contribution in [0.15, 0.2) is 18.3 Å². The van der Waals surface area contributed by atoms with Crippen molar-refractivity contribution in [1.82, 2.24) is 15.0 Å². The molecule has 0 aromatic carbocycles. The van der Waals surface area contributed by atoms with Gasteiger partial charge in [-0.25, -0.2) is 15.0 Å². The Morgan fingerprint density at radius 1 is 1.25 bits per heavy atom. The zero-order valence-electron chi connectivity index (χ0n) is 16.1. The molecule has 28 heavy (non-hydrogen) atoms. The maximum atomic E-state index is 12.9. The normalized spacial score (nSPS) is 15.2. The molecule has 0 aliphatic carbocycles. The molecule has 1 amide bonds. The second-order valence-corrected chi connectivity index (χ2v) is 8.75. The molecule has 0 bridgehead atoms. The van der Waals surface area contributed by atoms with Crippen LogP contribution < -0.4 is 10.2 Å². The number of carbonyl (C=O) groups excluding carboxylic acids is 1. The van der Waals surface area contributed by atoms with E-state index in [9.17, 15) is 4.79 Å². The summed E-state index contributed by atoms with van der Waals surface area (Å²) >= 11 is 7.27. The summed E-state index contributed by atoms with van der Waals surface area (Å²) in [4.78, 5) is 30.2. The number of anilines is 2. The molecule has 0 unspecified atom stereocenters. The Labute approximate surface area is 173 Å². The van der Waals surface area contributed by atoms with Gasteiger partial charge in [0, 0.05) is 19.3 Å². The van der Waals surface area contributed by atoms with Crippen molar-refractivity contribution in [3.05, 3.63) is 39.6 Å². The summed E-state index contributed by atoms with van der Waals surface area (Å²) < 4.78 is 0. The highest BCUT2D eigenvalue weighted by Crippen LogP contribution is 2.37. The summed E-state index contributed by atoms with van der Waals surface area (Å²) in [6.07, 6.45) is 3.83. The molecule has 0 spiro atoms. The maximum absolute atomic E-state index is 12.9. The Morgan fingerprint density at radius 3 is 2.68 bits per heavy atom. The quantitative estimate of drug-likeness (QED) is 0.662. The van der Waals surface area contributed by atoms with Crippen LogP contribution in [0.3, 0.4) is 0 Å². The van der Waals surface area contributed by atoms with Crippen molar-refractivity contribution in [2.24, 2.45) is 5.92 Å². The number of carbonyl (C=O) groups is 1. The first-order valence-corrected chi connectivity index (χ1v) is 10.6. The van der Waals surface area contributed by atoms with E-state index in [0.29, 0.717) is 15.7 Å². The molecule has 3 aromatic rings. The number of fused-ring (bicyclic) bond motifs is 1. The number of piperidine rings is 1. The average molecular weight is 416 g/mol. The predicted octanol–water partition coefficient (Wildman–Crippen LogP) is 4.85. The van der Waals surface area contributed by atoms with E-state index in [0.717, 1.165) is 59.3 Å². The third kappa shape index (κ3) is 3.69. The van der Waals surface area contributed by atoms with Gasteiger partial charge in [0.25, 0.3) is 5.91 Å². The van der Waals surface area contributed by atoms with Gasteiger partial charge in [0.1, 0.15) is 22.3 Å². The van der Waals surface area contributed by atoms with Crippen molar-refractivity contribution in [3.63, 3.8) is 0 Å². The number of thiophene rings is 1. The minimum absolute atomic E-state index is 0.189. The molecule has 4 rings (SSSR count). The van der Waals surface area contributed by atoms with Gasteiger partial charge in [-0.15, -0.1) is 11.3 Å². The number of aryl methyl sites for hydroxylation is 2. The fraction of sp³-hybridized carbons (Fsp3) is 0.400.